The predicted octanol–water partition coefficient (Wildman–Crippen LogP) is 4.44. The first-order valence-corrected chi connectivity index (χ1v) is 8.57. The molecule has 0 aliphatic heterocycles. The lowest BCUT2D eigenvalue weighted by atomic mass is 10.1. The maximum atomic E-state index is 13.6. The van der Waals surface area contributed by atoms with Crippen LogP contribution in [0.25, 0.3) is 0 Å². The van der Waals surface area contributed by atoms with Gasteiger partial charge in [-0.25, -0.2) is 9.18 Å². The number of rotatable bonds is 5. The van der Waals surface area contributed by atoms with Crippen molar-refractivity contribution in [2.24, 2.45) is 0 Å². The van der Waals surface area contributed by atoms with Gasteiger partial charge in [-0.15, -0.1) is 0 Å². The third kappa shape index (κ3) is 5.61. The second kappa shape index (κ2) is 8.87. The quantitative estimate of drug-likeness (QED) is 0.652. The molecular weight excluding hydrogens is 380 g/mol. The summed E-state index contributed by atoms with van der Waals surface area (Å²) < 4.78 is 13.6. The molecule has 0 aliphatic carbocycles. The van der Waals surface area contributed by atoms with Crippen LogP contribution in [0.1, 0.15) is 24.1 Å². The molecule has 26 heavy (non-hydrogen) atoms. The fourth-order valence-corrected chi connectivity index (χ4v) is 2.85. The highest BCUT2D eigenvalue weighted by atomic mass is 35.5. The van der Waals surface area contributed by atoms with Gasteiger partial charge in [-0.3, -0.25) is 4.79 Å². The largest absolute Gasteiger partial charge is 0.348 e. The Morgan fingerprint density at radius 3 is 2.58 bits per heavy atom. The summed E-state index contributed by atoms with van der Waals surface area (Å²) >= 11 is 11.7. The highest BCUT2D eigenvalue weighted by molar-refractivity contribution is 6.35. The molecule has 0 saturated heterocycles. The van der Waals surface area contributed by atoms with Gasteiger partial charge in [-0.1, -0.05) is 35.3 Å². The first-order chi connectivity index (χ1) is 12.3. The molecule has 1 unspecified atom stereocenters. The zero-order chi connectivity index (χ0) is 19.3. The number of hydrogen-bond acceptors (Lipinski definition) is 2. The normalized spacial score (nSPS) is 11.6. The SMILES string of the molecule is Cc1cccc(NC(=O)NCC(=O)NC(C)c2cc(F)c(Cl)cc2Cl)c1. The van der Waals surface area contributed by atoms with E-state index in [2.05, 4.69) is 16.0 Å². The Morgan fingerprint density at radius 2 is 1.88 bits per heavy atom. The van der Waals surface area contributed by atoms with Gasteiger partial charge < -0.3 is 16.0 Å². The molecule has 3 N–H and O–H groups in total. The summed E-state index contributed by atoms with van der Waals surface area (Å²) in [6.07, 6.45) is 0. The minimum atomic E-state index is -0.622. The van der Waals surface area contributed by atoms with Crippen LogP contribution < -0.4 is 16.0 Å². The van der Waals surface area contributed by atoms with E-state index >= 15 is 0 Å². The summed E-state index contributed by atoms with van der Waals surface area (Å²) in [5.41, 5.74) is 2.02. The molecule has 1 atom stereocenters. The smallest absolute Gasteiger partial charge is 0.319 e. The molecule has 5 nitrogen and oxygen atoms in total. The summed E-state index contributed by atoms with van der Waals surface area (Å²) in [6.45, 7) is 3.32. The fourth-order valence-electron chi connectivity index (χ4n) is 2.30. The summed E-state index contributed by atoms with van der Waals surface area (Å²) in [5, 5.41) is 7.87. The topological polar surface area (TPSA) is 70.2 Å². The number of carbonyl (C=O) groups is 2. The van der Waals surface area contributed by atoms with Crippen LogP contribution in [0.3, 0.4) is 0 Å². The zero-order valence-electron chi connectivity index (χ0n) is 14.2. The van der Waals surface area contributed by atoms with Crippen molar-refractivity contribution < 1.29 is 14.0 Å². The van der Waals surface area contributed by atoms with E-state index in [1.165, 1.54) is 12.1 Å². The highest BCUT2D eigenvalue weighted by Gasteiger charge is 2.16. The van der Waals surface area contributed by atoms with Gasteiger partial charge in [0.1, 0.15) is 5.82 Å². The highest BCUT2D eigenvalue weighted by Crippen LogP contribution is 2.28. The van der Waals surface area contributed by atoms with Crippen molar-refractivity contribution in [2.45, 2.75) is 19.9 Å². The number of urea groups is 1. The van der Waals surface area contributed by atoms with Crippen molar-refractivity contribution in [3.05, 3.63) is 63.4 Å². The summed E-state index contributed by atoms with van der Waals surface area (Å²) in [7, 11) is 0. The number of anilines is 1. The van der Waals surface area contributed by atoms with E-state index in [1.54, 1.807) is 19.1 Å². The Balaban J connectivity index is 1.86. The van der Waals surface area contributed by atoms with Gasteiger partial charge in [-0.05, 0) is 49.2 Å². The molecule has 0 fully saturated rings. The molecule has 2 rings (SSSR count). The minimum Gasteiger partial charge on any atom is -0.348 e. The number of benzene rings is 2. The number of aryl methyl sites for hydroxylation is 1. The van der Waals surface area contributed by atoms with Crippen molar-refractivity contribution in [3.63, 3.8) is 0 Å². The molecule has 0 aromatic heterocycles. The molecule has 2 aromatic carbocycles. The van der Waals surface area contributed by atoms with Crippen LogP contribution in [0.15, 0.2) is 36.4 Å². The Hall–Kier alpha value is -2.31. The lowest BCUT2D eigenvalue weighted by Crippen LogP contribution is -2.39. The summed E-state index contributed by atoms with van der Waals surface area (Å²) in [6, 6.07) is 8.66. The average molecular weight is 398 g/mol. The Labute approximate surface area is 160 Å². The van der Waals surface area contributed by atoms with Gasteiger partial charge in [-0.2, -0.15) is 0 Å². The van der Waals surface area contributed by atoms with Gasteiger partial charge in [0.2, 0.25) is 5.91 Å². The Kier molecular flexibility index (Phi) is 6.83. The molecule has 0 heterocycles. The van der Waals surface area contributed by atoms with Crippen molar-refractivity contribution in [2.75, 3.05) is 11.9 Å². The van der Waals surface area contributed by atoms with Crippen molar-refractivity contribution in [1.82, 2.24) is 10.6 Å². The monoisotopic (exact) mass is 397 g/mol. The van der Waals surface area contributed by atoms with Gasteiger partial charge in [0.15, 0.2) is 0 Å². The summed E-state index contributed by atoms with van der Waals surface area (Å²) in [5.74, 6) is -1.06. The van der Waals surface area contributed by atoms with Crippen LogP contribution in [0.5, 0.6) is 0 Å². The molecule has 0 aliphatic rings. The number of carbonyl (C=O) groups excluding carboxylic acids is 2. The van der Waals surface area contributed by atoms with E-state index < -0.39 is 23.8 Å². The number of nitrogens with one attached hydrogen (secondary N) is 3. The van der Waals surface area contributed by atoms with E-state index in [-0.39, 0.29) is 16.6 Å². The third-order valence-electron chi connectivity index (χ3n) is 3.57. The molecule has 0 saturated carbocycles. The molecule has 138 valence electrons. The van der Waals surface area contributed by atoms with E-state index in [1.807, 2.05) is 19.1 Å². The molecule has 8 heteroatoms. The van der Waals surface area contributed by atoms with Crippen LogP contribution in [0.4, 0.5) is 14.9 Å². The number of hydrogen-bond donors (Lipinski definition) is 3. The molecular formula is C18H18Cl2FN3O2. The Bertz CT molecular complexity index is 830. The third-order valence-corrected chi connectivity index (χ3v) is 4.19. The summed E-state index contributed by atoms with van der Waals surface area (Å²) in [4.78, 5) is 23.8. The predicted molar refractivity (Wildman–Crippen MR) is 101 cm³/mol. The van der Waals surface area contributed by atoms with Gasteiger partial charge >= 0.3 is 6.03 Å². The fraction of sp³-hybridized carbons (Fsp3) is 0.222. The van der Waals surface area contributed by atoms with Gasteiger partial charge in [0.05, 0.1) is 17.6 Å². The van der Waals surface area contributed by atoms with Crippen LogP contribution in [-0.4, -0.2) is 18.5 Å². The second-order valence-electron chi connectivity index (χ2n) is 5.75. The van der Waals surface area contributed by atoms with Crippen molar-refractivity contribution >= 4 is 40.8 Å². The lowest BCUT2D eigenvalue weighted by molar-refractivity contribution is -0.120. The van der Waals surface area contributed by atoms with Crippen molar-refractivity contribution in [3.8, 4) is 0 Å². The lowest BCUT2D eigenvalue weighted by Gasteiger charge is -2.16. The van der Waals surface area contributed by atoms with E-state index in [0.29, 0.717) is 11.3 Å². The van der Waals surface area contributed by atoms with E-state index in [4.69, 9.17) is 23.2 Å². The first-order valence-electron chi connectivity index (χ1n) is 7.81. The van der Waals surface area contributed by atoms with Crippen LogP contribution >= 0.6 is 23.2 Å². The van der Waals surface area contributed by atoms with Crippen molar-refractivity contribution in [1.29, 1.82) is 0 Å². The zero-order valence-corrected chi connectivity index (χ0v) is 15.7. The van der Waals surface area contributed by atoms with Gasteiger partial charge in [0.25, 0.3) is 0 Å². The maximum Gasteiger partial charge on any atom is 0.319 e. The van der Waals surface area contributed by atoms with Gasteiger partial charge in [0, 0.05) is 10.7 Å². The van der Waals surface area contributed by atoms with E-state index in [9.17, 15) is 14.0 Å². The molecule has 0 bridgehead atoms. The molecule has 0 radical (unpaired) electrons. The van der Waals surface area contributed by atoms with Crippen LogP contribution in [-0.2, 0) is 4.79 Å². The maximum absolute atomic E-state index is 13.6. The second-order valence-corrected chi connectivity index (χ2v) is 6.57. The van der Waals surface area contributed by atoms with Crippen LogP contribution in [0, 0.1) is 12.7 Å². The minimum absolute atomic E-state index is 0.0910. The molecule has 0 spiro atoms. The molecule has 2 aromatic rings. The average Bonchev–Trinajstić information content (AvgIpc) is 2.56. The number of halogens is 3. The first kappa shape index (κ1) is 20.0. The molecule has 3 amide bonds. The van der Waals surface area contributed by atoms with E-state index in [0.717, 1.165) is 5.56 Å². The van der Waals surface area contributed by atoms with Crippen LogP contribution in [0.2, 0.25) is 10.0 Å². The Morgan fingerprint density at radius 1 is 1.15 bits per heavy atom. The standard InChI is InChI=1S/C18H18Cl2FN3O2/c1-10-4-3-5-12(6-10)24-18(26)22-9-17(25)23-11(2)13-7-16(21)15(20)8-14(13)19/h3-8,11H,9H2,1-2H3,(H,23,25)(H2,22,24,26). The number of amides is 3.